The third-order valence-corrected chi connectivity index (χ3v) is 3.29. The molecule has 94 valence electrons. The lowest BCUT2D eigenvalue weighted by molar-refractivity contribution is -0.119. The van der Waals surface area contributed by atoms with Gasteiger partial charge in [0.05, 0.1) is 0 Å². The molecule has 0 fully saturated rings. The van der Waals surface area contributed by atoms with Gasteiger partial charge in [0.25, 0.3) is 0 Å². The second-order valence-electron chi connectivity index (χ2n) is 5.06. The molecule has 0 N–H and O–H groups in total. The Labute approximate surface area is 105 Å². The largest absolute Gasteiger partial charge is 0.300 e. The molecule has 0 aliphatic carbocycles. The first-order valence-electron chi connectivity index (χ1n) is 6.69. The minimum atomic E-state index is 0.411. The van der Waals surface area contributed by atoms with Gasteiger partial charge in [0, 0.05) is 12.8 Å². The smallest absolute Gasteiger partial charge is 0.133 e. The van der Waals surface area contributed by atoms with Crippen LogP contribution in [-0.2, 0) is 11.2 Å². The van der Waals surface area contributed by atoms with E-state index in [0.29, 0.717) is 18.1 Å². The van der Waals surface area contributed by atoms with Crippen LogP contribution in [0.2, 0.25) is 0 Å². The summed E-state index contributed by atoms with van der Waals surface area (Å²) in [5.74, 6) is 0.957. The molecule has 0 bridgehead atoms. The van der Waals surface area contributed by atoms with E-state index in [9.17, 15) is 4.79 Å². The molecule has 0 heterocycles. The highest BCUT2D eigenvalue weighted by molar-refractivity contribution is 5.78. The van der Waals surface area contributed by atoms with Gasteiger partial charge in [0.1, 0.15) is 5.78 Å². The van der Waals surface area contributed by atoms with E-state index >= 15 is 0 Å². The molecule has 0 amide bonds. The highest BCUT2D eigenvalue weighted by Gasteiger charge is 2.09. The Morgan fingerprint density at radius 3 is 2.65 bits per heavy atom. The first-order valence-corrected chi connectivity index (χ1v) is 6.69. The van der Waals surface area contributed by atoms with Gasteiger partial charge in [-0.15, -0.1) is 0 Å². The molecule has 0 spiro atoms. The topological polar surface area (TPSA) is 17.1 Å². The molecule has 1 rings (SSSR count). The number of Topliss-reactive ketones (excluding diaryl/α,β-unsaturated/α-hetero) is 1. The lowest BCUT2D eigenvalue weighted by Gasteiger charge is -2.09. The predicted molar refractivity (Wildman–Crippen MR) is 73.2 cm³/mol. The zero-order valence-electron chi connectivity index (χ0n) is 11.3. The van der Waals surface area contributed by atoms with Crippen LogP contribution in [0.1, 0.15) is 50.7 Å². The van der Waals surface area contributed by atoms with Crippen molar-refractivity contribution >= 4 is 5.78 Å². The molecule has 0 aliphatic rings. The summed E-state index contributed by atoms with van der Waals surface area (Å²) in [4.78, 5) is 11.8. The normalized spacial score (nSPS) is 12.4. The van der Waals surface area contributed by atoms with Crippen molar-refractivity contribution in [3.05, 3.63) is 35.4 Å². The van der Waals surface area contributed by atoms with Crippen molar-refractivity contribution in [2.24, 2.45) is 5.92 Å². The standard InChI is InChI=1S/C16H24O/c1-4-7-13(2)12-16(17)11-10-15-9-6-5-8-14(15)3/h5-6,8-9,13H,4,7,10-12H2,1-3H3. The van der Waals surface area contributed by atoms with E-state index in [1.165, 1.54) is 17.5 Å². The quantitative estimate of drug-likeness (QED) is 0.684. The van der Waals surface area contributed by atoms with Crippen LogP contribution in [0, 0.1) is 12.8 Å². The van der Waals surface area contributed by atoms with Gasteiger partial charge in [0.2, 0.25) is 0 Å². The van der Waals surface area contributed by atoms with E-state index in [1.807, 2.05) is 12.1 Å². The van der Waals surface area contributed by atoms with Crippen molar-refractivity contribution in [3.8, 4) is 0 Å². The molecule has 1 aromatic carbocycles. The SMILES string of the molecule is CCCC(C)CC(=O)CCc1ccccc1C. The van der Waals surface area contributed by atoms with Crippen LogP contribution in [0.15, 0.2) is 24.3 Å². The van der Waals surface area contributed by atoms with Crippen LogP contribution >= 0.6 is 0 Å². The maximum absolute atomic E-state index is 11.8. The molecule has 0 aliphatic heterocycles. The van der Waals surface area contributed by atoms with Gasteiger partial charge < -0.3 is 0 Å². The molecule has 0 saturated carbocycles. The van der Waals surface area contributed by atoms with E-state index in [2.05, 4.69) is 32.9 Å². The second-order valence-corrected chi connectivity index (χ2v) is 5.06. The van der Waals surface area contributed by atoms with Crippen LogP contribution in [0.3, 0.4) is 0 Å². The lowest BCUT2D eigenvalue weighted by atomic mass is 9.95. The molecule has 1 aromatic rings. The second kappa shape index (κ2) is 7.26. The van der Waals surface area contributed by atoms with Gasteiger partial charge in [-0.2, -0.15) is 0 Å². The van der Waals surface area contributed by atoms with Crippen molar-refractivity contribution in [1.29, 1.82) is 0 Å². The number of benzene rings is 1. The van der Waals surface area contributed by atoms with Gasteiger partial charge in [-0.1, -0.05) is 51.0 Å². The lowest BCUT2D eigenvalue weighted by Crippen LogP contribution is -2.07. The minimum absolute atomic E-state index is 0.411. The van der Waals surface area contributed by atoms with E-state index in [-0.39, 0.29) is 0 Å². The number of aryl methyl sites for hydroxylation is 2. The Hall–Kier alpha value is -1.11. The summed E-state index contributed by atoms with van der Waals surface area (Å²) in [5, 5.41) is 0. The summed E-state index contributed by atoms with van der Waals surface area (Å²) >= 11 is 0. The molecule has 1 atom stereocenters. The zero-order valence-corrected chi connectivity index (χ0v) is 11.3. The predicted octanol–water partition coefficient (Wildman–Crippen LogP) is 4.32. The van der Waals surface area contributed by atoms with E-state index in [0.717, 1.165) is 19.3 Å². The molecule has 1 heteroatoms. The van der Waals surface area contributed by atoms with E-state index in [1.54, 1.807) is 0 Å². The van der Waals surface area contributed by atoms with E-state index in [4.69, 9.17) is 0 Å². The third-order valence-electron chi connectivity index (χ3n) is 3.29. The fourth-order valence-corrected chi connectivity index (χ4v) is 2.25. The van der Waals surface area contributed by atoms with Crippen molar-refractivity contribution < 1.29 is 4.79 Å². The monoisotopic (exact) mass is 232 g/mol. The van der Waals surface area contributed by atoms with Gasteiger partial charge in [-0.25, -0.2) is 0 Å². The van der Waals surface area contributed by atoms with Gasteiger partial charge in [-0.05, 0) is 30.4 Å². The van der Waals surface area contributed by atoms with Crippen molar-refractivity contribution in [1.82, 2.24) is 0 Å². The van der Waals surface area contributed by atoms with Crippen molar-refractivity contribution in [3.63, 3.8) is 0 Å². The highest BCUT2D eigenvalue weighted by atomic mass is 16.1. The number of rotatable bonds is 7. The van der Waals surface area contributed by atoms with Crippen molar-refractivity contribution in [2.45, 2.75) is 52.9 Å². The minimum Gasteiger partial charge on any atom is -0.300 e. The van der Waals surface area contributed by atoms with Crippen LogP contribution < -0.4 is 0 Å². The number of hydrogen-bond acceptors (Lipinski definition) is 1. The van der Waals surface area contributed by atoms with Crippen molar-refractivity contribution in [2.75, 3.05) is 0 Å². The molecule has 0 saturated heterocycles. The summed E-state index contributed by atoms with van der Waals surface area (Å²) in [6.45, 7) is 6.46. The van der Waals surface area contributed by atoms with Crippen LogP contribution in [0.25, 0.3) is 0 Å². The Bertz CT molecular complexity index is 354. The van der Waals surface area contributed by atoms with E-state index < -0.39 is 0 Å². The first kappa shape index (κ1) is 14.0. The Morgan fingerprint density at radius 1 is 1.29 bits per heavy atom. The third kappa shape index (κ3) is 5.16. The average molecular weight is 232 g/mol. The average Bonchev–Trinajstić information content (AvgIpc) is 2.28. The van der Waals surface area contributed by atoms with Crippen LogP contribution in [0.5, 0.6) is 0 Å². The van der Waals surface area contributed by atoms with Gasteiger partial charge >= 0.3 is 0 Å². The molecule has 17 heavy (non-hydrogen) atoms. The molecular formula is C16H24O. The maximum atomic E-state index is 11.8. The summed E-state index contributed by atoms with van der Waals surface area (Å²) in [6, 6.07) is 8.33. The fraction of sp³-hybridized carbons (Fsp3) is 0.562. The Kier molecular flexibility index (Phi) is 5.96. The Morgan fingerprint density at radius 2 is 2.00 bits per heavy atom. The van der Waals surface area contributed by atoms with Crippen LogP contribution in [-0.4, -0.2) is 5.78 Å². The first-order chi connectivity index (χ1) is 8.13. The van der Waals surface area contributed by atoms with Gasteiger partial charge in [0.15, 0.2) is 0 Å². The zero-order chi connectivity index (χ0) is 12.7. The number of carbonyl (C=O) groups is 1. The summed E-state index contributed by atoms with van der Waals surface area (Å²) in [6.07, 6.45) is 4.67. The summed E-state index contributed by atoms with van der Waals surface area (Å²) in [5.41, 5.74) is 2.60. The number of carbonyl (C=O) groups excluding carboxylic acids is 1. The number of ketones is 1. The molecule has 1 unspecified atom stereocenters. The molecule has 0 radical (unpaired) electrons. The van der Waals surface area contributed by atoms with Gasteiger partial charge in [-0.3, -0.25) is 4.79 Å². The Balaban J connectivity index is 2.36. The molecule has 0 aromatic heterocycles. The molecule has 1 nitrogen and oxygen atoms in total. The number of hydrogen-bond donors (Lipinski definition) is 0. The van der Waals surface area contributed by atoms with Crippen LogP contribution in [0.4, 0.5) is 0 Å². The fourth-order valence-electron chi connectivity index (χ4n) is 2.25. The summed E-state index contributed by atoms with van der Waals surface area (Å²) < 4.78 is 0. The highest BCUT2D eigenvalue weighted by Crippen LogP contribution is 2.14. The molecular weight excluding hydrogens is 208 g/mol. The maximum Gasteiger partial charge on any atom is 0.133 e. The summed E-state index contributed by atoms with van der Waals surface area (Å²) in [7, 11) is 0.